The number of hydrogen-bond donors (Lipinski definition) is 0. The molecular weight excluding hydrogens is 270 g/mol. The van der Waals surface area contributed by atoms with Gasteiger partial charge in [-0.1, -0.05) is 22.4 Å². The van der Waals surface area contributed by atoms with Crippen LogP contribution in [-0.2, 0) is 9.53 Å². The molecule has 2 aliphatic rings. The second-order valence-electron chi connectivity index (χ2n) is 5.50. The quantitative estimate of drug-likeness (QED) is 0.730. The Balaban J connectivity index is 2.00. The summed E-state index contributed by atoms with van der Waals surface area (Å²) in [4.78, 5) is 14.2. The molecule has 1 aliphatic heterocycles. The first kappa shape index (κ1) is 12.4. The van der Waals surface area contributed by atoms with Crippen LogP contribution in [0.3, 0.4) is 0 Å². The third kappa shape index (κ3) is 2.59. The SMILES string of the molecule is CC1(C)CN(C(=O)C2CCC2)CC(CBr)O1. The van der Waals surface area contributed by atoms with Gasteiger partial charge in [0.15, 0.2) is 0 Å². The molecule has 0 bridgehead atoms. The summed E-state index contributed by atoms with van der Waals surface area (Å²) in [5.74, 6) is 0.637. The Morgan fingerprint density at radius 2 is 2.19 bits per heavy atom. The Bertz CT molecular complexity index is 276. The molecule has 0 aromatic carbocycles. The van der Waals surface area contributed by atoms with E-state index in [0.717, 1.165) is 31.3 Å². The lowest BCUT2D eigenvalue weighted by Gasteiger charge is -2.44. The molecule has 2 rings (SSSR count). The van der Waals surface area contributed by atoms with Gasteiger partial charge in [0.1, 0.15) is 0 Å². The first-order valence-corrected chi connectivity index (χ1v) is 7.16. The average molecular weight is 290 g/mol. The normalized spacial score (nSPS) is 29.9. The van der Waals surface area contributed by atoms with E-state index in [2.05, 4.69) is 29.8 Å². The first-order valence-electron chi connectivity index (χ1n) is 6.04. The molecule has 4 heteroatoms. The van der Waals surface area contributed by atoms with Gasteiger partial charge < -0.3 is 9.64 Å². The minimum Gasteiger partial charge on any atom is -0.368 e. The van der Waals surface area contributed by atoms with E-state index in [9.17, 15) is 4.79 Å². The molecule has 1 atom stereocenters. The van der Waals surface area contributed by atoms with Crippen molar-refractivity contribution in [2.45, 2.75) is 44.8 Å². The topological polar surface area (TPSA) is 29.5 Å². The number of nitrogens with zero attached hydrogens (tertiary/aromatic N) is 1. The number of ether oxygens (including phenoxy) is 1. The summed E-state index contributed by atoms with van der Waals surface area (Å²) in [5, 5.41) is 0.797. The van der Waals surface area contributed by atoms with Gasteiger partial charge in [-0.3, -0.25) is 4.79 Å². The van der Waals surface area contributed by atoms with Crippen molar-refractivity contribution in [2.24, 2.45) is 5.92 Å². The fraction of sp³-hybridized carbons (Fsp3) is 0.917. The smallest absolute Gasteiger partial charge is 0.225 e. The summed E-state index contributed by atoms with van der Waals surface area (Å²) in [5.41, 5.74) is -0.212. The van der Waals surface area contributed by atoms with Crippen LogP contribution in [0, 0.1) is 5.92 Å². The summed E-state index contributed by atoms with van der Waals surface area (Å²) >= 11 is 3.44. The maximum Gasteiger partial charge on any atom is 0.225 e. The molecule has 0 N–H and O–H groups in total. The van der Waals surface area contributed by atoms with Crippen molar-refractivity contribution in [3.05, 3.63) is 0 Å². The number of morpholine rings is 1. The van der Waals surface area contributed by atoms with E-state index in [4.69, 9.17) is 4.74 Å². The Morgan fingerprint density at radius 3 is 2.69 bits per heavy atom. The van der Waals surface area contributed by atoms with Crippen LogP contribution in [0.1, 0.15) is 33.1 Å². The molecule has 0 aromatic rings. The predicted molar refractivity (Wildman–Crippen MR) is 66.7 cm³/mol. The number of rotatable bonds is 2. The lowest BCUT2D eigenvalue weighted by atomic mass is 9.84. The fourth-order valence-electron chi connectivity index (χ4n) is 2.46. The van der Waals surface area contributed by atoms with Crippen molar-refractivity contribution in [1.82, 2.24) is 4.90 Å². The van der Waals surface area contributed by atoms with Crippen molar-refractivity contribution in [3.63, 3.8) is 0 Å². The second kappa shape index (κ2) is 4.65. The standard InChI is InChI=1S/C12H20BrNO2/c1-12(2)8-14(7-10(6-13)16-12)11(15)9-4-3-5-9/h9-10H,3-8H2,1-2H3. The van der Waals surface area contributed by atoms with Crippen molar-refractivity contribution in [1.29, 1.82) is 0 Å². The predicted octanol–water partition coefficient (Wildman–Crippen LogP) is 2.19. The van der Waals surface area contributed by atoms with Gasteiger partial charge in [-0.2, -0.15) is 0 Å². The van der Waals surface area contributed by atoms with E-state index in [1.165, 1.54) is 6.42 Å². The molecule has 1 heterocycles. The van der Waals surface area contributed by atoms with Gasteiger partial charge in [0.25, 0.3) is 0 Å². The van der Waals surface area contributed by atoms with E-state index >= 15 is 0 Å². The Labute approximate surface area is 106 Å². The lowest BCUT2D eigenvalue weighted by molar-refractivity contribution is -0.162. The zero-order valence-corrected chi connectivity index (χ0v) is 11.6. The monoisotopic (exact) mass is 289 g/mol. The Hall–Kier alpha value is -0.0900. The number of carbonyl (C=O) groups excluding carboxylic acids is 1. The van der Waals surface area contributed by atoms with E-state index in [-0.39, 0.29) is 11.7 Å². The van der Waals surface area contributed by atoms with Gasteiger partial charge in [-0.05, 0) is 26.7 Å². The Morgan fingerprint density at radius 1 is 1.50 bits per heavy atom. The molecule has 1 saturated carbocycles. The van der Waals surface area contributed by atoms with Gasteiger partial charge in [0, 0.05) is 24.3 Å². The third-order valence-corrected chi connectivity index (χ3v) is 4.14. The molecule has 0 aromatic heterocycles. The first-order chi connectivity index (χ1) is 7.52. The van der Waals surface area contributed by atoms with Gasteiger partial charge in [0.05, 0.1) is 11.7 Å². The molecule has 0 spiro atoms. The molecule has 3 nitrogen and oxygen atoms in total. The van der Waals surface area contributed by atoms with Crippen LogP contribution in [0.15, 0.2) is 0 Å². The molecule has 1 aliphatic carbocycles. The molecule has 2 fully saturated rings. The third-order valence-electron chi connectivity index (χ3n) is 3.42. The molecule has 92 valence electrons. The van der Waals surface area contributed by atoms with E-state index < -0.39 is 0 Å². The highest BCUT2D eigenvalue weighted by Gasteiger charge is 2.38. The fourth-order valence-corrected chi connectivity index (χ4v) is 2.79. The number of hydrogen-bond acceptors (Lipinski definition) is 2. The molecule has 1 saturated heterocycles. The summed E-state index contributed by atoms with van der Waals surface area (Å²) in [6.07, 6.45) is 3.50. The largest absolute Gasteiger partial charge is 0.368 e. The summed E-state index contributed by atoms with van der Waals surface area (Å²) in [6, 6.07) is 0. The van der Waals surface area contributed by atoms with Crippen LogP contribution < -0.4 is 0 Å². The van der Waals surface area contributed by atoms with Crippen molar-refractivity contribution >= 4 is 21.8 Å². The van der Waals surface area contributed by atoms with Gasteiger partial charge >= 0.3 is 0 Å². The van der Waals surface area contributed by atoms with E-state index in [1.807, 2.05) is 4.90 Å². The summed E-state index contributed by atoms with van der Waals surface area (Å²) < 4.78 is 5.89. The number of halogens is 1. The van der Waals surface area contributed by atoms with Gasteiger partial charge in [0.2, 0.25) is 5.91 Å². The van der Waals surface area contributed by atoms with E-state index in [0.29, 0.717) is 11.8 Å². The van der Waals surface area contributed by atoms with Crippen molar-refractivity contribution < 1.29 is 9.53 Å². The minimum atomic E-state index is -0.212. The molecular formula is C12H20BrNO2. The maximum absolute atomic E-state index is 12.2. The van der Waals surface area contributed by atoms with Gasteiger partial charge in [-0.25, -0.2) is 0 Å². The highest BCUT2D eigenvalue weighted by molar-refractivity contribution is 9.09. The average Bonchev–Trinajstić information content (AvgIpc) is 2.12. The zero-order chi connectivity index (χ0) is 11.8. The van der Waals surface area contributed by atoms with E-state index in [1.54, 1.807) is 0 Å². The van der Waals surface area contributed by atoms with Crippen LogP contribution in [0.5, 0.6) is 0 Å². The van der Waals surface area contributed by atoms with Crippen molar-refractivity contribution in [3.8, 4) is 0 Å². The molecule has 1 unspecified atom stereocenters. The lowest BCUT2D eigenvalue weighted by Crippen LogP contribution is -2.56. The second-order valence-corrected chi connectivity index (χ2v) is 6.15. The van der Waals surface area contributed by atoms with Crippen LogP contribution in [0.2, 0.25) is 0 Å². The van der Waals surface area contributed by atoms with Crippen LogP contribution in [-0.4, -0.2) is 40.9 Å². The summed E-state index contributed by atoms with van der Waals surface area (Å²) in [6.45, 7) is 5.58. The van der Waals surface area contributed by atoms with Gasteiger partial charge in [-0.15, -0.1) is 0 Å². The highest BCUT2D eigenvalue weighted by atomic mass is 79.9. The summed E-state index contributed by atoms with van der Waals surface area (Å²) in [7, 11) is 0. The zero-order valence-electron chi connectivity index (χ0n) is 10.0. The molecule has 1 amide bonds. The number of carbonyl (C=O) groups is 1. The Kier molecular flexibility index (Phi) is 3.59. The highest BCUT2D eigenvalue weighted by Crippen LogP contribution is 2.31. The van der Waals surface area contributed by atoms with Crippen LogP contribution in [0.4, 0.5) is 0 Å². The van der Waals surface area contributed by atoms with Crippen molar-refractivity contribution in [2.75, 3.05) is 18.4 Å². The number of amides is 1. The van der Waals surface area contributed by atoms with Crippen LogP contribution in [0.25, 0.3) is 0 Å². The molecule has 0 radical (unpaired) electrons. The maximum atomic E-state index is 12.2. The number of alkyl halides is 1. The van der Waals surface area contributed by atoms with Crippen LogP contribution >= 0.6 is 15.9 Å². The molecule has 16 heavy (non-hydrogen) atoms. The minimum absolute atomic E-state index is 0.132.